The van der Waals surface area contributed by atoms with Crippen LogP contribution in [0.1, 0.15) is 16.8 Å². The minimum absolute atomic E-state index is 0.0753. The second-order valence-corrected chi connectivity index (χ2v) is 5.77. The molecule has 0 aliphatic heterocycles. The highest BCUT2D eigenvalue weighted by Crippen LogP contribution is 2.21. The average Bonchev–Trinajstić information content (AvgIpc) is 2.90. The number of carbonyl (C=O) groups excluding carboxylic acids is 1. The maximum absolute atomic E-state index is 12.0. The number of nitrogens with zero attached hydrogens (tertiary/aromatic N) is 2. The second kappa shape index (κ2) is 6.86. The molecule has 0 atom stereocenters. The molecule has 1 aromatic carbocycles. The van der Waals surface area contributed by atoms with Gasteiger partial charge in [0.2, 0.25) is 0 Å². The molecule has 0 saturated heterocycles. The van der Waals surface area contributed by atoms with Gasteiger partial charge in [-0.3, -0.25) is 9.48 Å². The summed E-state index contributed by atoms with van der Waals surface area (Å²) < 4.78 is 3.53. The molecule has 0 radical (unpaired) electrons. The smallest absolute Gasteiger partial charge is 0.252 e. The SMILES string of the molecule is O=C(NCCCn1cccn1)c1cc(Br)ccc1Br. The Bertz CT molecular complexity index is 555. The Kier molecular flexibility index (Phi) is 5.15. The monoisotopic (exact) mass is 385 g/mol. The van der Waals surface area contributed by atoms with E-state index in [-0.39, 0.29) is 5.91 Å². The first kappa shape index (κ1) is 14.3. The quantitative estimate of drug-likeness (QED) is 0.802. The molecule has 0 spiro atoms. The predicted octanol–water partition coefficient (Wildman–Crippen LogP) is 3.23. The Labute approximate surface area is 128 Å². The molecular formula is C13H13Br2N3O. The van der Waals surface area contributed by atoms with Gasteiger partial charge in [-0.1, -0.05) is 15.9 Å². The number of amides is 1. The first-order chi connectivity index (χ1) is 9.16. The molecule has 6 heteroatoms. The zero-order valence-corrected chi connectivity index (χ0v) is 13.3. The fourth-order valence-electron chi connectivity index (χ4n) is 1.64. The lowest BCUT2D eigenvalue weighted by Gasteiger charge is -2.07. The van der Waals surface area contributed by atoms with Gasteiger partial charge >= 0.3 is 0 Å². The van der Waals surface area contributed by atoms with Crippen molar-refractivity contribution in [3.05, 3.63) is 51.2 Å². The van der Waals surface area contributed by atoms with Crippen LogP contribution in [0.3, 0.4) is 0 Å². The zero-order chi connectivity index (χ0) is 13.7. The number of hydrogen-bond acceptors (Lipinski definition) is 2. The first-order valence-electron chi connectivity index (χ1n) is 5.87. The van der Waals surface area contributed by atoms with E-state index in [1.807, 2.05) is 29.1 Å². The van der Waals surface area contributed by atoms with E-state index in [4.69, 9.17) is 0 Å². The van der Waals surface area contributed by atoms with Crippen molar-refractivity contribution >= 4 is 37.8 Å². The van der Waals surface area contributed by atoms with Crippen LogP contribution in [-0.2, 0) is 6.54 Å². The van der Waals surface area contributed by atoms with Crippen LogP contribution in [0.25, 0.3) is 0 Å². The van der Waals surface area contributed by atoms with E-state index in [2.05, 4.69) is 42.3 Å². The molecule has 4 nitrogen and oxygen atoms in total. The minimum atomic E-state index is -0.0753. The van der Waals surface area contributed by atoms with Crippen molar-refractivity contribution in [3.8, 4) is 0 Å². The summed E-state index contributed by atoms with van der Waals surface area (Å²) in [6.07, 6.45) is 4.50. The molecular weight excluding hydrogens is 374 g/mol. The number of aromatic nitrogens is 2. The highest BCUT2D eigenvalue weighted by Gasteiger charge is 2.09. The Morgan fingerprint density at radius 2 is 2.21 bits per heavy atom. The summed E-state index contributed by atoms with van der Waals surface area (Å²) in [7, 11) is 0. The van der Waals surface area contributed by atoms with Crippen LogP contribution >= 0.6 is 31.9 Å². The fraction of sp³-hybridized carbons (Fsp3) is 0.231. The van der Waals surface area contributed by atoms with E-state index in [0.717, 1.165) is 21.9 Å². The minimum Gasteiger partial charge on any atom is -0.352 e. The van der Waals surface area contributed by atoms with Gasteiger partial charge < -0.3 is 5.32 Å². The third-order valence-corrected chi connectivity index (χ3v) is 3.77. The Balaban J connectivity index is 1.82. The number of benzene rings is 1. The molecule has 0 fully saturated rings. The van der Waals surface area contributed by atoms with Crippen molar-refractivity contribution < 1.29 is 4.79 Å². The predicted molar refractivity (Wildman–Crippen MR) is 81.0 cm³/mol. The number of rotatable bonds is 5. The van der Waals surface area contributed by atoms with E-state index in [1.54, 1.807) is 12.3 Å². The molecule has 1 aromatic heterocycles. The maximum atomic E-state index is 12.0. The number of aryl methyl sites for hydroxylation is 1. The molecule has 2 aromatic rings. The van der Waals surface area contributed by atoms with Gasteiger partial charge in [-0.25, -0.2) is 0 Å². The van der Waals surface area contributed by atoms with Gasteiger partial charge in [-0.2, -0.15) is 5.10 Å². The van der Waals surface area contributed by atoms with Gasteiger partial charge in [0.15, 0.2) is 0 Å². The number of nitrogens with one attached hydrogen (secondary N) is 1. The normalized spacial score (nSPS) is 10.4. The van der Waals surface area contributed by atoms with Crippen molar-refractivity contribution in [1.82, 2.24) is 15.1 Å². The lowest BCUT2D eigenvalue weighted by Crippen LogP contribution is -2.25. The maximum Gasteiger partial charge on any atom is 0.252 e. The highest BCUT2D eigenvalue weighted by atomic mass is 79.9. The lowest BCUT2D eigenvalue weighted by molar-refractivity contribution is 0.0952. The third kappa shape index (κ3) is 4.18. The number of halogens is 2. The molecule has 1 amide bonds. The van der Waals surface area contributed by atoms with Crippen LogP contribution in [0.2, 0.25) is 0 Å². The standard InChI is InChI=1S/C13H13Br2N3O/c14-10-3-4-12(15)11(9-10)13(19)16-5-1-7-18-8-2-6-17-18/h2-4,6,8-9H,1,5,7H2,(H,16,19). The summed E-state index contributed by atoms with van der Waals surface area (Å²) in [6, 6.07) is 7.42. The first-order valence-corrected chi connectivity index (χ1v) is 7.46. The molecule has 1 heterocycles. The lowest BCUT2D eigenvalue weighted by atomic mass is 10.2. The summed E-state index contributed by atoms with van der Waals surface area (Å²) in [6.45, 7) is 1.42. The van der Waals surface area contributed by atoms with Crippen LogP contribution < -0.4 is 5.32 Å². The second-order valence-electron chi connectivity index (χ2n) is 4.00. The number of carbonyl (C=O) groups is 1. The van der Waals surface area contributed by atoms with Gasteiger partial charge in [-0.15, -0.1) is 0 Å². The van der Waals surface area contributed by atoms with E-state index < -0.39 is 0 Å². The van der Waals surface area contributed by atoms with Crippen molar-refractivity contribution in [2.75, 3.05) is 6.54 Å². The summed E-state index contributed by atoms with van der Waals surface area (Å²) >= 11 is 6.74. The van der Waals surface area contributed by atoms with Gasteiger partial charge in [0, 0.05) is 34.4 Å². The molecule has 0 unspecified atom stereocenters. The van der Waals surface area contributed by atoms with Gasteiger partial charge in [0.05, 0.1) is 5.56 Å². The van der Waals surface area contributed by atoms with Crippen molar-refractivity contribution in [2.45, 2.75) is 13.0 Å². The van der Waals surface area contributed by atoms with Crippen molar-refractivity contribution in [2.24, 2.45) is 0 Å². The van der Waals surface area contributed by atoms with E-state index in [0.29, 0.717) is 12.1 Å². The summed E-state index contributed by atoms with van der Waals surface area (Å²) in [4.78, 5) is 12.0. The Morgan fingerprint density at radius 1 is 1.37 bits per heavy atom. The van der Waals surface area contributed by atoms with Crippen molar-refractivity contribution in [3.63, 3.8) is 0 Å². The van der Waals surface area contributed by atoms with Gasteiger partial charge in [0.25, 0.3) is 5.91 Å². The molecule has 19 heavy (non-hydrogen) atoms. The topological polar surface area (TPSA) is 46.9 Å². The fourth-order valence-corrected chi connectivity index (χ4v) is 2.43. The summed E-state index contributed by atoms with van der Waals surface area (Å²) in [5.41, 5.74) is 0.633. The van der Waals surface area contributed by atoms with Crippen LogP contribution in [-0.4, -0.2) is 22.2 Å². The van der Waals surface area contributed by atoms with Crippen LogP contribution in [0.15, 0.2) is 45.6 Å². The molecule has 0 bridgehead atoms. The zero-order valence-electron chi connectivity index (χ0n) is 10.1. The average molecular weight is 387 g/mol. The van der Waals surface area contributed by atoms with Gasteiger partial charge in [0.1, 0.15) is 0 Å². The summed E-state index contributed by atoms with van der Waals surface area (Å²) in [5, 5.41) is 7.01. The van der Waals surface area contributed by atoms with Crippen molar-refractivity contribution in [1.29, 1.82) is 0 Å². The van der Waals surface area contributed by atoms with Crippen LogP contribution in [0.5, 0.6) is 0 Å². The molecule has 0 aliphatic carbocycles. The van der Waals surface area contributed by atoms with E-state index >= 15 is 0 Å². The Hall–Kier alpha value is -1.14. The molecule has 0 aliphatic rings. The summed E-state index contributed by atoms with van der Waals surface area (Å²) in [5.74, 6) is -0.0753. The largest absolute Gasteiger partial charge is 0.352 e. The molecule has 2 rings (SSSR count). The molecule has 1 N–H and O–H groups in total. The number of hydrogen-bond donors (Lipinski definition) is 1. The third-order valence-electron chi connectivity index (χ3n) is 2.58. The van der Waals surface area contributed by atoms with Crippen LogP contribution in [0, 0.1) is 0 Å². The van der Waals surface area contributed by atoms with E-state index in [9.17, 15) is 4.79 Å². The van der Waals surface area contributed by atoms with Gasteiger partial charge in [-0.05, 0) is 46.6 Å². The molecule has 0 saturated carbocycles. The highest BCUT2D eigenvalue weighted by molar-refractivity contribution is 9.11. The van der Waals surface area contributed by atoms with Crippen LogP contribution in [0.4, 0.5) is 0 Å². The van der Waals surface area contributed by atoms with E-state index in [1.165, 1.54) is 0 Å². The molecule has 100 valence electrons. The Morgan fingerprint density at radius 3 is 2.95 bits per heavy atom.